The van der Waals surface area contributed by atoms with Crippen molar-refractivity contribution >= 4 is 46.0 Å². The predicted molar refractivity (Wildman–Crippen MR) is 107 cm³/mol. The molecule has 0 N–H and O–H groups in total. The molecule has 0 unspecified atom stereocenters. The monoisotopic (exact) mass is 386 g/mol. The minimum atomic E-state index is -0.0346. The highest BCUT2D eigenvalue weighted by Gasteiger charge is 2.27. The first-order valence-corrected chi connectivity index (χ1v) is 9.91. The van der Waals surface area contributed by atoms with Gasteiger partial charge in [-0.25, -0.2) is 9.67 Å². The van der Waals surface area contributed by atoms with Crippen molar-refractivity contribution in [2.75, 3.05) is 17.2 Å². The van der Waals surface area contributed by atoms with E-state index in [2.05, 4.69) is 23.9 Å². The number of pyridine rings is 1. The van der Waals surface area contributed by atoms with Gasteiger partial charge in [-0.15, -0.1) is 11.8 Å². The van der Waals surface area contributed by atoms with E-state index in [1.807, 2.05) is 40.8 Å². The van der Waals surface area contributed by atoms with Crippen LogP contribution < -0.4 is 4.90 Å². The van der Waals surface area contributed by atoms with Crippen LogP contribution in [0.3, 0.4) is 0 Å². The first-order valence-electron chi connectivity index (χ1n) is 8.55. The Bertz CT molecular complexity index is 1010. The van der Waals surface area contributed by atoms with Crippen LogP contribution in [0.1, 0.15) is 35.9 Å². The molecule has 1 aromatic carbocycles. The molecule has 0 radical (unpaired) electrons. The summed E-state index contributed by atoms with van der Waals surface area (Å²) in [5.74, 6) is 0.825. The molecule has 1 aliphatic rings. The van der Waals surface area contributed by atoms with Gasteiger partial charge in [-0.3, -0.25) is 4.79 Å². The van der Waals surface area contributed by atoms with Crippen LogP contribution in [-0.4, -0.2) is 33.0 Å². The number of hydrogen-bond donors (Lipinski definition) is 0. The fourth-order valence-corrected chi connectivity index (χ4v) is 4.39. The lowest BCUT2D eigenvalue weighted by molar-refractivity contribution is 0.0989. The lowest BCUT2D eigenvalue weighted by Gasteiger charge is -2.29. The van der Waals surface area contributed by atoms with Crippen molar-refractivity contribution in [3.63, 3.8) is 0 Å². The smallest absolute Gasteiger partial charge is 0.259 e. The zero-order valence-electron chi connectivity index (χ0n) is 14.9. The summed E-state index contributed by atoms with van der Waals surface area (Å²) in [5, 5.41) is 5.86. The van der Waals surface area contributed by atoms with Crippen LogP contribution in [0.25, 0.3) is 11.0 Å². The van der Waals surface area contributed by atoms with Crippen molar-refractivity contribution in [3.8, 4) is 0 Å². The lowest BCUT2D eigenvalue weighted by Crippen LogP contribution is -2.35. The highest BCUT2D eigenvalue weighted by Crippen LogP contribution is 2.37. The molecular weight excluding hydrogens is 368 g/mol. The van der Waals surface area contributed by atoms with Crippen LogP contribution in [0, 0.1) is 6.92 Å². The maximum atomic E-state index is 13.4. The molecule has 0 spiro atoms. The number of aromatic nitrogens is 3. The second-order valence-electron chi connectivity index (χ2n) is 6.65. The van der Waals surface area contributed by atoms with Crippen LogP contribution >= 0.6 is 23.4 Å². The van der Waals surface area contributed by atoms with Gasteiger partial charge in [0, 0.05) is 34.0 Å². The Balaban J connectivity index is 1.85. The molecule has 1 amide bonds. The normalized spacial score (nSPS) is 14.1. The van der Waals surface area contributed by atoms with Crippen LogP contribution in [0.5, 0.6) is 0 Å². The first kappa shape index (κ1) is 17.4. The van der Waals surface area contributed by atoms with Crippen molar-refractivity contribution < 1.29 is 4.79 Å². The molecule has 2 aromatic heterocycles. The summed E-state index contributed by atoms with van der Waals surface area (Å²) in [4.78, 5) is 20.9. The molecule has 0 fully saturated rings. The third-order valence-corrected chi connectivity index (χ3v) is 5.72. The zero-order chi connectivity index (χ0) is 18.4. The topological polar surface area (TPSA) is 51.0 Å². The molecule has 3 heterocycles. The molecule has 0 saturated heterocycles. The van der Waals surface area contributed by atoms with Crippen molar-refractivity contribution in [2.24, 2.45) is 0 Å². The minimum absolute atomic E-state index is 0.0346. The summed E-state index contributed by atoms with van der Waals surface area (Å²) in [6.45, 7) is 6.67. The molecule has 0 bridgehead atoms. The number of carbonyl (C=O) groups is 1. The maximum absolute atomic E-state index is 13.4. The predicted octanol–water partition coefficient (Wildman–Crippen LogP) is 4.73. The van der Waals surface area contributed by atoms with Crippen molar-refractivity contribution in [2.45, 2.75) is 31.7 Å². The number of hydrogen-bond acceptors (Lipinski definition) is 4. The van der Waals surface area contributed by atoms with Crippen LogP contribution in [-0.2, 0) is 0 Å². The number of anilines is 1. The fraction of sp³-hybridized carbons (Fsp3) is 0.316. The van der Waals surface area contributed by atoms with Gasteiger partial charge < -0.3 is 4.90 Å². The number of halogens is 1. The molecule has 1 aliphatic heterocycles. The average molecular weight is 387 g/mol. The van der Waals surface area contributed by atoms with E-state index in [-0.39, 0.29) is 11.9 Å². The molecule has 0 aliphatic carbocycles. The summed E-state index contributed by atoms with van der Waals surface area (Å²) >= 11 is 7.93. The fourth-order valence-electron chi connectivity index (χ4n) is 3.25. The largest absolute Gasteiger partial charge is 0.306 e. The Hall–Kier alpha value is -2.05. The number of amides is 1. The van der Waals surface area contributed by atoms with E-state index in [4.69, 9.17) is 11.6 Å². The second-order valence-corrected chi connectivity index (χ2v) is 8.22. The number of thioether (sulfide) groups is 1. The third kappa shape index (κ3) is 2.87. The summed E-state index contributed by atoms with van der Waals surface area (Å²) in [6.07, 6.45) is 1.74. The van der Waals surface area contributed by atoms with Crippen LogP contribution in [0.15, 0.2) is 35.4 Å². The highest BCUT2D eigenvalue weighted by molar-refractivity contribution is 7.99. The molecule has 134 valence electrons. The highest BCUT2D eigenvalue weighted by atomic mass is 35.5. The van der Waals surface area contributed by atoms with E-state index in [9.17, 15) is 4.79 Å². The zero-order valence-corrected chi connectivity index (χ0v) is 16.4. The average Bonchev–Trinajstić information content (AvgIpc) is 3.03. The van der Waals surface area contributed by atoms with E-state index in [1.165, 1.54) is 0 Å². The summed E-state index contributed by atoms with van der Waals surface area (Å²) in [7, 11) is 0. The Kier molecular flexibility index (Phi) is 4.40. The molecular formula is C19H19ClN4OS. The summed E-state index contributed by atoms with van der Waals surface area (Å²) < 4.78 is 1.86. The Labute approximate surface area is 161 Å². The van der Waals surface area contributed by atoms with E-state index < -0.39 is 0 Å². The molecule has 0 saturated carbocycles. The van der Waals surface area contributed by atoms with Gasteiger partial charge in [0.15, 0.2) is 5.65 Å². The standard InChI is InChI=1S/C19H19ClN4OS/c1-11(2)24-18-15(10-21-24)14(8-12(3)22-18)19(25)23-6-7-26-17-5-4-13(20)9-16(17)23/h4-5,8-11H,6-7H2,1-3H3. The quantitative estimate of drug-likeness (QED) is 0.639. The second kappa shape index (κ2) is 6.59. The Morgan fingerprint density at radius 3 is 2.88 bits per heavy atom. The summed E-state index contributed by atoms with van der Waals surface area (Å²) in [5.41, 5.74) is 3.07. The van der Waals surface area contributed by atoms with Gasteiger partial charge in [0.2, 0.25) is 0 Å². The number of nitrogens with zero attached hydrogens (tertiary/aromatic N) is 4. The molecule has 4 rings (SSSR count). The molecule has 5 nitrogen and oxygen atoms in total. The minimum Gasteiger partial charge on any atom is -0.306 e. The van der Waals surface area contributed by atoms with Crippen molar-refractivity contribution in [1.82, 2.24) is 14.8 Å². The van der Waals surface area contributed by atoms with Gasteiger partial charge in [0.25, 0.3) is 5.91 Å². The van der Waals surface area contributed by atoms with Crippen molar-refractivity contribution in [1.29, 1.82) is 0 Å². The van der Waals surface area contributed by atoms with Gasteiger partial charge in [-0.05, 0) is 45.0 Å². The SMILES string of the molecule is Cc1cc(C(=O)N2CCSc3ccc(Cl)cc32)c2cnn(C(C)C)c2n1. The van der Waals surface area contributed by atoms with Gasteiger partial charge in [0.1, 0.15) is 0 Å². The Morgan fingerprint density at radius 2 is 2.12 bits per heavy atom. The third-order valence-electron chi connectivity index (χ3n) is 4.44. The molecule has 26 heavy (non-hydrogen) atoms. The van der Waals surface area contributed by atoms with Crippen molar-refractivity contribution in [3.05, 3.63) is 46.7 Å². The summed E-state index contributed by atoms with van der Waals surface area (Å²) in [6, 6.07) is 7.73. The van der Waals surface area contributed by atoms with E-state index in [0.29, 0.717) is 17.1 Å². The first-order chi connectivity index (χ1) is 12.5. The lowest BCUT2D eigenvalue weighted by atomic mass is 10.1. The van der Waals surface area contributed by atoms with Crippen LogP contribution in [0.4, 0.5) is 5.69 Å². The van der Waals surface area contributed by atoms with Gasteiger partial charge in [0.05, 0.1) is 22.8 Å². The van der Waals surface area contributed by atoms with Gasteiger partial charge in [-0.2, -0.15) is 5.10 Å². The molecule has 7 heteroatoms. The van der Waals surface area contributed by atoms with Gasteiger partial charge >= 0.3 is 0 Å². The van der Waals surface area contributed by atoms with E-state index in [1.54, 1.807) is 18.0 Å². The number of aryl methyl sites for hydroxylation is 1. The number of carbonyl (C=O) groups excluding carboxylic acids is 1. The van der Waals surface area contributed by atoms with Gasteiger partial charge in [-0.1, -0.05) is 11.6 Å². The van der Waals surface area contributed by atoms with E-state index in [0.717, 1.165) is 33.1 Å². The Morgan fingerprint density at radius 1 is 1.31 bits per heavy atom. The number of benzene rings is 1. The maximum Gasteiger partial charge on any atom is 0.259 e. The number of fused-ring (bicyclic) bond motifs is 2. The molecule has 0 atom stereocenters. The van der Waals surface area contributed by atoms with E-state index >= 15 is 0 Å². The van der Waals surface area contributed by atoms with Crippen LogP contribution in [0.2, 0.25) is 5.02 Å². The molecule has 3 aromatic rings. The number of rotatable bonds is 2.